The fraction of sp³-hybridized carbons (Fsp3) is 0.409. The van der Waals surface area contributed by atoms with E-state index in [0.717, 1.165) is 36.2 Å². The number of nitrogens with one attached hydrogen (secondary N) is 1. The minimum absolute atomic E-state index is 0.0508. The van der Waals surface area contributed by atoms with Gasteiger partial charge in [0, 0.05) is 37.0 Å². The first-order valence-electron chi connectivity index (χ1n) is 9.65. The Bertz CT molecular complexity index is 868. The zero-order chi connectivity index (χ0) is 19.0. The zero-order valence-electron chi connectivity index (χ0n) is 15.9. The molecule has 27 heavy (non-hydrogen) atoms. The molecule has 0 unspecified atom stereocenters. The fourth-order valence-corrected chi connectivity index (χ4v) is 3.21. The van der Waals surface area contributed by atoms with E-state index >= 15 is 0 Å². The maximum absolute atomic E-state index is 12.6. The van der Waals surface area contributed by atoms with Gasteiger partial charge in [-0.05, 0) is 68.4 Å². The van der Waals surface area contributed by atoms with Gasteiger partial charge < -0.3 is 10.2 Å². The molecule has 2 aliphatic rings. The zero-order valence-corrected chi connectivity index (χ0v) is 15.9. The molecule has 0 atom stereocenters. The molecule has 1 N–H and O–H groups in total. The summed E-state index contributed by atoms with van der Waals surface area (Å²) < 4.78 is 0. The number of benzene rings is 1. The lowest BCUT2D eigenvalue weighted by Crippen LogP contribution is -2.28. The molecule has 2 aromatic rings. The van der Waals surface area contributed by atoms with Gasteiger partial charge in [0.25, 0.3) is 11.8 Å². The number of carbonyl (C=O) groups excluding carboxylic acids is 2. The molecule has 0 aliphatic heterocycles. The molecule has 2 saturated carbocycles. The number of aryl methyl sites for hydroxylation is 1. The average molecular weight is 363 g/mol. The highest BCUT2D eigenvalue weighted by Crippen LogP contribution is 2.29. The standard InChI is InChI=1S/C22H25N3O2/c1-14-3-6-16(22(27)25(2)18-8-9-18)11-19(14)20-10-7-17(13-23-20)21(26)24-12-15-4-5-15/h3,6-7,10-11,13,15,18H,4-5,8-9,12H2,1-2H3,(H,24,26). The van der Waals surface area contributed by atoms with Gasteiger partial charge >= 0.3 is 0 Å². The van der Waals surface area contributed by atoms with Crippen LogP contribution < -0.4 is 5.32 Å². The SMILES string of the molecule is Cc1ccc(C(=O)N(C)C2CC2)cc1-c1ccc(C(=O)NCC2CC2)cn1. The number of rotatable bonds is 6. The van der Waals surface area contributed by atoms with Crippen LogP contribution in [0.4, 0.5) is 0 Å². The van der Waals surface area contributed by atoms with Crippen molar-refractivity contribution in [1.29, 1.82) is 0 Å². The number of carbonyl (C=O) groups is 2. The topological polar surface area (TPSA) is 62.3 Å². The minimum Gasteiger partial charge on any atom is -0.352 e. The van der Waals surface area contributed by atoms with Crippen LogP contribution in [0.1, 0.15) is 52.0 Å². The van der Waals surface area contributed by atoms with Crippen molar-refractivity contribution in [2.75, 3.05) is 13.6 Å². The molecule has 5 heteroatoms. The van der Waals surface area contributed by atoms with Gasteiger partial charge in [0.1, 0.15) is 0 Å². The molecule has 0 bridgehead atoms. The summed E-state index contributed by atoms with van der Waals surface area (Å²) in [5.41, 5.74) is 4.00. The van der Waals surface area contributed by atoms with E-state index in [1.807, 2.05) is 43.1 Å². The van der Waals surface area contributed by atoms with Gasteiger partial charge in [0.15, 0.2) is 0 Å². The van der Waals surface area contributed by atoms with E-state index in [1.165, 1.54) is 12.8 Å². The van der Waals surface area contributed by atoms with E-state index in [4.69, 9.17) is 0 Å². The summed E-state index contributed by atoms with van der Waals surface area (Å²) in [5.74, 6) is 0.625. The van der Waals surface area contributed by atoms with Crippen LogP contribution >= 0.6 is 0 Å². The van der Waals surface area contributed by atoms with Crippen molar-refractivity contribution in [2.24, 2.45) is 5.92 Å². The third-order valence-corrected chi connectivity index (χ3v) is 5.45. The van der Waals surface area contributed by atoms with Crippen LogP contribution in [0, 0.1) is 12.8 Å². The van der Waals surface area contributed by atoms with Gasteiger partial charge in [-0.2, -0.15) is 0 Å². The molecule has 140 valence electrons. The van der Waals surface area contributed by atoms with Crippen molar-refractivity contribution in [3.05, 3.63) is 53.2 Å². The summed E-state index contributed by atoms with van der Waals surface area (Å²) in [6.07, 6.45) is 6.21. The van der Waals surface area contributed by atoms with E-state index in [0.29, 0.717) is 23.1 Å². The molecular formula is C22H25N3O2. The molecule has 0 saturated heterocycles. The average Bonchev–Trinajstić information content (AvgIpc) is 3.58. The molecule has 1 heterocycles. The lowest BCUT2D eigenvalue weighted by atomic mass is 10.0. The van der Waals surface area contributed by atoms with Crippen LogP contribution in [0.2, 0.25) is 0 Å². The highest BCUT2D eigenvalue weighted by atomic mass is 16.2. The van der Waals surface area contributed by atoms with Gasteiger partial charge in [-0.15, -0.1) is 0 Å². The van der Waals surface area contributed by atoms with Gasteiger partial charge in [-0.25, -0.2) is 0 Å². The Morgan fingerprint density at radius 1 is 1.11 bits per heavy atom. The Kier molecular flexibility index (Phi) is 4.68. The fourth-order valence-electron chi connectivity index (χ4n) is 3.21. The van der Waals surface area contributed by atoms with Crippen LogP contribution in [-0.4, -0.2) is 41.3 Å². The lowest BCUT2D eigenvalue weighted by Gasteiger charge is -2.17. The summed E-state index contributed by atoms with van der Waals surface area (Å²) in [5, 5.41) is 2.96. The lowest BCUT2D eigenvalue weighted by molar-refractivity contribution is 0.0785. The molecule has 1 aromatic carbocycles. The minimum atomic E-state index is -0.0762. The van der Waals surface area contributed by atoms with Crippen LogP contribution in [0.3, 0.4) is 0 Å². The normalized spacial score (nSPS) is 16.1. The third-order valence-electron chi connectivity index (χ3n) is 5.45. The summed E-state index contributed by atoms with van der Waals surface area (Å²) in [7, 11) is 1.87. The maximum Gasteiger partial charge on any atom is 0.253 e. The number of aromatic nitrogens is 1. The molecule has 2 amide bonds. The van der Waals surface area contributed by atoms with E-state index in [1.54, 1.807) is 12.3 Å². The molecular weight excluding hydrogens is 338 g/mol. The highest BCUT2D eigenvalue weighted by molar-refractivity contribution is 5.96. The predicted octanol–water partition coefficient (Wildman–Crippen LogP) is 3.43. The number of hydrogen-bond donors (Lipinski definition) is 1. The van der Waals surface area contributed by atoms with Crippen molar-refractivity contribution >= 4 is 11.8 Å². The van der Waals surface area contributed by atoms with Crippen molar-refractivity contribution < 1.29 is 9.59 Å². The monoisotopic (exact) mass is 363 g/mol. The number of hydrogen-bond acceptors (Lipinski definition) is 3. The molecule has 1 aromatic heterocycles. The molecule has 0 radical (unpaired) electrons. The van der Waals surface area contributed by atoms with Gasteiger partial charge in [-0.3, -0.25) is 14.6 Å². The highest BCUT2D eigenvalue weighted by Gasteiger charge is 2.30. The van der Waals surface area contributed by atoms with Gasteiger partial charge in [0.2, 0.25) is 0 Å². The van der Waals surface area contributed by atoms with Crippen LogP contribution in [-0.2, 0) is 0 Å². The molecule has 2 fully saturated rings. The Hall–Kier alpha value is -2.69. The molecule has 0 spiro atoms. The number of amides is 2. The number of pyridine rings is 1. The van der Waals surface area contributed by atoms with E-state index in [-0.39, 0.29) is 11.8 Å². The second kappa shape index (κ2) is 7.14. The Labute approximate surface area is 159 Å². The van der Waals surface area contributed by atoms with Crippen LogP contribution in [0.25, 0.3) is 11.3 Å². The first-order chi connectivity index (χ1) is 13.0. The summed E-state index contributed by atoms with van der Waals surface area (Å²) >= 11 is 0. The van der Waals surface area contributed by atoms with Crippen LogP contribution in [0.5, 0.6) is 0 Å². The van der Waals surface area contributed by atoms with E-state index in [2.05, 4.69) is 10.3 Å². The Morgan fingerprint density at radius 3 is 2.48 bits per heavy atom. The third kappa shape index (κ3) is 4.02. The van der Waals surface area contributed by atoms with E-state index < -0.39 is 0 Å². The molecule has 4 rings (SSSR count). The first kappa shape index (κ1) is 17.7. The number of nitrogens with zero attached hydrogens (tertiary/aromatic N) is 2. The molecule has 2 aliphatic carbocycles. The van der Waals surface area contributed by atoms with Crippen molar-refractivity contribution in [3.8, 4) is 11.3 Å². The molecule has 5 nitrogen and oxygen atoms in total. The van der Waals surface area contributed by atoms with E-state index in [9.17, 15) is 9.59 Å². The largest absolute Gasteiger partial charge is 0.352 e. The Balaban J connectivity index is 1.52. The van der Waals surface area contributed by atoms with Crippen molar-refractivity contribution in [2.45, 2.75) is 38.6 Å². The Morgan fingerprint density at radius 2 is 1.85 bits per heavy atom. The maximum atomic E-state index is 12.6. The smallest absolute Gasteiger partial charge is 0.253 e. The van der Waals surface area contributed by atoms with Crippen LogP contribution in [0.15, 0.2) is 36.5 Å². The summed E-state index contributed by atoms with van der Waals surface area (Å²) in [6.45, 7) is 2.75. The summed E-state index contributed by atoms with van der Waals surface area (Å²) in [6, 6.07) is 9.78. The van der Waals surface area contributed by atoms with Crippen molar-refractivity contribution in [1.82, 2.24) is 15.2 Å². The predicted molar refractivity (Wildman–Crippen MR) is 105 cm³/mol. The second-order valence-electron chi connectivity index (χ2n) is 7.76. The van der Waals surface area contributed by atoms with Crippen molar-refractivity contribution in [3.63, 3.8) is 0 Å². The van der Waals surface area contributed by atoms with Gasteiger partial charge in [0.05, 0.1) is 11.3 Å². The quantitative estimate of drug-likeness (QED) is 0.855. The first-order valence-corrected chi connectivity index (χ1v) is 9.65. The summed E-state index contributed by atoms with van der Waals surface area (Å²) in [4.78, 5) is 31.1. The van der Waals surface area contributed by atoms with Gasteiger partial charge in [-0.1, -0.05) is 6.07 Å². The second-order valence-corrected chi connectivity index (χ2v) is 7.76.